The highest BCUT2D eigenvalue weighted by Crippen LogP contribution is 2.37. The van der Waals surface area contributed by atoms with E-state index in [1.54, 1.807) is 0 Å². The quantitative estimate of drug-likeness (QED) is 0.813. The predicted molar refractivity (Wildman–Crippen MR) is 87.7 cm³/mol. The van der Waals surface area contributed by atoms with Crippen molar-refractivity contribution >= 4 is 0 Å². The van der Waals surface area contributed by atoms with Gasteiger partial charge in [0.1, 0.15) is 0 Å². The second kappa shape index (κ2) is 7.43. The van der Waals surface area contributed by atoms with Crippen molar-refractivity contribution < 1.29 is 4.74 Å². The van der Waals surface area contributed by atoms with E-state index in [4.69, 9.17) is 4.74 Å². The van der Waals surface area contributed by atoms with Crippen molar-refractivity contribution in [3.05, 3.63) is 0 Å². The van der Waals surface area contributed by atoms with Crippen LogP contribution >= 0.6 is 0 Å². The van der Waals surface area contributed by atoms with Gasteiger partial charge in [-0.2, -0.15) is 0 Å². The first kappa shape index (κ1) is 15.8. The van der Waals surface area contributed by atoms with E-state index in [0.29, 0.717) is 11.6 Å². The highest BCUT2D eigenvalue weighted by Gasteiger charge is 2.42. The summed E-state index contributed by atoms with van der Waals surface area (Å²) in [4.78, 5) is 2.87. The van der Waals surface area contributed by atoms with Crippen molar-refractivity contribution in [3.63, 3.8) is 0 Å². The minimum Gasteiger partial charge on any atom is -0.378 e. The maximum Gasteiger partial charge on any atom is 0.0576 e. The fraction of sp³-hybridized carbons (Fsp3) is 1.00. The van der Waals surface area contributed by atoms with Gasteiger partial charge in [-0.3, -0.25) is 4.90 Å². The van der Waals surface area contributed by atoms with Gasteiger partial charge < -0.3 is 10.1 Å². The van der Waals surface area contributed by atoms with Crippen LogP contribution in [0.4, 0.5) is 0 Å². The molecule has 1 saturated carbocycles. The standard InChI is InChI=1S/C18H34N2O/c1-2-7-16-14-20(12-5-8-17-9-6-13-21-17)18(15-19-16)10-3-4-11-18/h16-17,19H,2-15H2,1H3. The van der Waals surface area contributed by atoms with Crippen LogP contribution in [0.3, 0.4) is 0 Å². The number of piperazine rings is 1. The zero-order valence-electron chi connectivity index (χ0n) is 13.9. The summed E-state index contributed by atoms with van der Waals surface area (Å²) in [5, 5.41) is 3.85. The third-order valence-corrected chi connectivity index (χ3v) is 5.98. The maximum absolute atomic E-state index is 5.79. The van der Waals surface area contributed by atoms with Crippen LogP contribution in [0.5, 0.6) is 0 Å². The van der Waals surface area contributed by atoms with Crippen molar-refractivity contribution in [2.75, 3.05) is 26.2 Å². The molecule has 2 heterocycles. The summed E-state index contributed by atoms with van der Waals surface area (Å²) in [5.41, 5.74) is 0.501. The summed E-state index contributed by atoms with van der Waals surface area (Å²) < 4.78 is 5.79. The molecule has 1 aliphatic carbocycles. The van der Waals surface area contributed by atoms with E-state index in [-0.39, 0.29) is 0 Å². The van der Waals surface area contributed by atoms with E-state index in [2.05, 4.69) is 17.1 Å². The molecule has 0 aromatic carbocycles. The molecule has 2 atom stereocenters. The van der Waals surface area contributed by atoms with E-state index in [1.165, 1.54) is 83.8 Å². The lowest BCUT2D eigenvalue weighted by atomic mass is 9.89. The average Bonchev–Trinajstić information content (AvgIpc) is 3.15. The summed E-state index contributed by atoms with van der Waals surface area (Å²) in [6.07, 6.45) is 14.1. The van der Waals surface area contributed by atoms with Crippen molar-refractivity contribution in [1.29, 1.82) is 0 Å². The summed E-state index contributed by atoms with van der Waals surface area (Å²) >= 11 is 0. The molecule has 3 fully saturated rings. The second-order valence-electron chi connectivity index (χ2n) is 7.52. The number of hydrogen-bond donors (Lipinski definition) is 1. The van der Waals surface area contributed by atoms with Crippen LogP contribution in [-0.4, -0.2) is 48.8 Å². The molecule has 3 nitrogen and oxygen atoms in total. The smallest absolute Gasteiger partial charge is 0.0576 e. The first-order valence-electron chi connectivity index (χ1n) is 9.42. The summed E-state index contributed by atoms with van der Waals surface area (Å²) in [6.45, 7) is 7.11. The third-order valence-electron chi connectivity index (χ3n) is 5.98. The summed E-state index contributed by atoms with van der Waals surface area (Å²) in [6, 6.07) is 0.726. The van der Waals surface area contributed by atoms with Crippen LogP contribution in [0, 0.1) is 0 Å². The largest absolute Gasteiger partial charge is 0.378 e. The van der Waals surface area contributed by atoms with E-state index in [0.717, 1.165) is 12.6 Å². The Kier molecular flexibility index (Phi) is 5.58. The molecule has 2 saturated heterocycles. The molecule has 3 rings (SSSR count). The first-order valence-corrected chi connectivity index (χ1v) is 9.42. The Labute approximate surface area is 130 Å². The Morgan fingerprint density at radius 3 is 2.76 bits per heavy atom. The Balaban J connectivity index is 1.52. The molecule has 3 aliphatic rings. The lowest BCUT2D eigenvalue weighted by molar-refractivity contribution is 0.0335. The lowest BCUT2D eigenvalue weighted by Crippen LogP contribution is -2.63. The van der Waals surface area contributed by atoms with E-state index in [9.17, 15) is 0 Å². The van der Waals surface area contributed by atoms with E-state index in [1.807, 2.05) is 0 Å². The highest BCUT2D eigenvalue weighted by molar-refractivity contribution is 5.01. The molecule has 0 radical (unpaired) electrons. The van der Waals surface area contributed by atoms with Crippen LogP contribution in [0.25, 0.3) is 0 Å². The van der Waals surface area contributed by atoms with Gasteiger partial charge in [-0.05, 0) is 51.5 Å². The predicted octanol–water partition coefficient (Wildman–Crippen LogP) is 3.33. The minimum atomic E-state index is 0.501. The fourth-order valence-electron chi connectivity index (χ4n) is 4.75. The average molecular weight is 294 g/mol. The fourth-order valence-corrected chi connectivity index (χ4v) is 4.75. The van der Waals surface area contributed by atoms with Crippen molar-refractivity contribution in [3.8, 4) is 0 Å². The molecule has 0 amide bonds. The number of hydrogen-bond acceptors (Lipinski definition) is 3. The molecule has 0 aromatic heterocycles. The molecule has 2 aliphatic heterocycles. The van der Waals surface area contributed by atoms with Crippen molar-refractivity contribution in [1.82, 2.24) is 10.2 Å². The van der Waals surface area contributed by atoms with Gasteiger partial charge in [0.2, 0.25) is 0 Å². The Hall–Kier alpha value is -0.120. The number of nitrogens with one attached hydrogen (secondary N) is 1. The SMILES string of the molecule is CCCC1CN(CCCC2CCCO2)C2(CCCC2)CN1. The van der Waals surface area contributed by atoms with Gasteiger partial charge in [-0.15, -0.1) is 0 Å². The van der Waals surface area contributed by atoms with E-state index < -0.39 is 0 Å². The molecule has 122 valence electrons. The molecule has 3 heteroatoms. The molecule has 0 bridgehead atoms. The summed E-state index contributed by atoms with van der Waals surface area (Å²) in [5.74, 6) is 0. The Morgan fingerprint density at radius 1 is 1.19 bits per heavy atom. The van der Waals surface area contributed by atoms with Gasteiger partial charge in [0.05, 0.1) is 6.10 Å². The van der Waals surface area contributed by atoms with Gasteiger partial charge >= 0.3 is 0 Å². The molecular weight excluding hydrogens is 260 g/mol. The van der Waals surface area contributed by atoms with Crippen molar-refractivity contribution in [2.45, 2.75) is 88.8 Å². The van der Waals surface area contributed by atoms with E-state index >= 15 is 0 Å². The zero-order valence-corrected chi connectivity index (χ0v) is 13.9. The normalized spacial score (nSPS) is 33.0. The number of ether oxygens (including phenoxy) is 1. The minimum absolute atomic E-state index is 0.501. The first-order chi connectivity index (χ1) is 10.3. The highest BCUT2D eigenvalue weighted by atomic mass is 16.5. The van der Waals surface area contributed by atoms with Crippen LogP contribution in [0.1, 0.15) is 71.1 Å². The van der Waals surface area contributed by atoms with Gasteiger partial charge in [0, 0.05) is 31.3 Å². The molecule has 1 spiro atoms. The number of nitrogens with zero attached hydrogens (tertiary/aromatic N) is 1. The monoisotopic (exact) mass is 294 g/mol. The van der Waals surface area contributed by atoms with Crippen LogP contribution in [-0.2, 0) is 4.74 Å². The molecule has 0 aromatic rings. The Morgan fingerprint density at radius 2 is 2.05 bits per heavy atom. The van der Waals surface area contributed by atoms with Crippen LogP contribution in [0.15, 0.2) is 0 Å². The summed E-state index contributed by atoms with van der Waals surface area (Å²) in [7, 11) is 0. The molecule has 21 heavy (non-hydrogen) atoms. The zero-order chi connectivity index (χ0) is 14.5. The molecular formula is C18H34N2O. The lowest BCUT2D eigenvalue weighted by Gasteiger charge is -2.48. The second-order valence-corrected chi connectivity index (χ2v) is 7.52. The van der Waals surface area contributed by atoms with Crippen LogP contribution in [0.2, 0.25) is 0 Å². The maximum atomic E-state index is 5.79. The van der Waals surface area contributed by atoms with Gasteiger partial charge in [-0.25, -0.2) is 0 Å². The van der Waals surface area contributed by atoms with Gasteiger partial charge in [0.25, 0.3) is 0 Å². The topological polar surface area (TPSA) is 24.5 Å². The molecule has 1 N–H and O–H groups in total. The molecule has 2 unspecified atom stereocenters. The van der Waals surface area contributed by atoms with Gasteiger partial charge in [-0.1, -0.05) is 26.2 Å². The van der Waals surface area contributed by atoms with Crippen molar-refractivity contribution in [2.24, 2.45) is 0 Å². The third kappa shape index (κ3) is 3.80. The van der Waals surface area contributed by atoms with Crippen LogP contribution < -0.4 is 5.32 Å². The number of rotatable bonds is 6. The van der Waals surface area contributed by atoms with Gasteiger partial charge in [0.15, 0.2) is 0 Å². The Bertz CT molecular complexity index is 308.